The quantitative estimate of drug-likeness (QED) is 0.793. The van der Waals surface area contributed by atoms with E-state index in [-0.39, 0.29) is 6.61 Å². The third-order valence-corrected chi connectivity index (χ3v) is 3.77. The highest BCUT2D eigenvalue weighted by Gasteiger charge is 2.35. The third kappa shape index (κ3) is 1.85. The summed E-state index contributed by atoms with van der Waals surface area (Å²) in [5.41, 5.74) is 0.662. The van der Waals surface area contributed by atoms with Gasteiger partial charge in [-0.2, -0.15) is 0 Å². The fraction of sp³-hybridized carbons (Fsp3) is 0.818. The van der Waals surface area contributed by atoms with Gasteiger partial charge in [0.25, 0.3) is 0 Å². The summed E-state index contributed by atoms with van der Waals surface area (Å²) in [5.74, 6) is 0.717. The van der Waals surface area contributed by atoms with E-state index in [0.717, 1.165) is 12.6 Å². The van der Waals surface area contributed by atoms with Crippen LogP contribution in [0.1, 0.15) is 25.0 Å². The second kappa shape index (κ2) is 4.14. The highest BCUT2D eigenvalue weighted by atomic mass is 16.3. The second-order valence-corrected chi connectivity index (χ2v) is 4.99. The molecule has 5 heteroatoms. The van der Waals surface area contributed by atoms with E-state index in [0.29, 0.717) is 11.6 Å². The molecule has 1 saturated heterocycles. The number of aromatic nitrogens is 3. The molecule has 2 fully saturated rings. The van der Waals surface area contributed by atoms with Crippen LogP contribution in [0.3, 0.4) is 0 Å². The molecule has 0 unspecified atom stereocenters. The molecule has 0 spiro atoms. The first-order valence-corrected chi connectivity index (χ1v) is 6.09. The van der Waals surface area contributed by atoms with E-state index in [9.17, 15) is 0 Å². The van der Waals surface area contributed by atoms with Crippen LogP contribution in [0.25, 0.3) is 0 Å². The van der Waals surface area contributed by atoms with Crippen molar-refractivity contribution >= 4 is 0 Å². The van der Waals surface area contributed by atoms with Gasteiger partial charge >= 0.3 is 0 Å². The summed E-state index contributed by atoms with van der Waals surface area (Å²) in [4.78, 5) is 2.58. The Morgan fingerprint density at radius 3 is 2.75 bits per heavy atom. The Balaban J connectivity index is 1.46. The van der Waals surface area contributed by atoms with Crippen LogP contribution in [-0.4, -0.2) is 44.1 Å². The maximum absolute atomic E-state index is 8.89. The molecule has 5 nitrogen and oxygen atoms in total. The van der Waals surface area contributed by atoms with E-state index < -0.39 is 0 Å². The molecule has 2 aliphatic rings. The summed E-state index contributed by atoms with van der Waals surface area (Å²) in [6.07, 6.45) is 6.04. The fourth-order valence-corrected chi connectivity index (χ4v) is 2.54. The zero-order valence-corrected chi connectivity index (χ0v) is 9.42. The SMILES string of the molecule is OCc1cn(CC2CN(C3CCC3)C2)nn1. The molecule has 16 heavy (non-hydrogen) atoms. The molecular weight excluding hydrogens is 204 g/mol. The lowest BCUT2D eigenvalue weighted by Gasteiger charge is -2.47. The summed E-state index contributed by atoms with van der Waals surface area (Å²) < 4.78 is 1.86. The van der Waals surface area contributed by atoms with Crippen LogP contribution in [0.2, 0.25) is 0 Å². The van der Waals surface area contributed by atoms with E-state index >= 15 is 0 Å². The lowest BCUT2D eigenvalue weighted by atomic mass is 9.86. The number of hydrogen-bond acceptors (Lipinski definition) is 4. The molecule has 2 heterocycles. The zero-order valence-electron chi connectivity index (χ0n) is 9.42. The van der Waals surface area contributed by atoms with Crippen molar-refractivity contribution < 1.29 is 5.11 Å². The smallest absolute Gasteiger partial charge is 0.108 e. The van der Waals surface area contributed by atoms with Gasteiger partial charge in [-0.05, 0) is 12.8 Å². The van der Waals surface area contributed by atoms with Gasteiger partial charge in [0.05, 0.1) is 12.8 Å². The normalized spacial score (nSPS) is 23.1. The molecule has 1 aliphatic carbocycles. The topological polar surface area (TPSA) is 54.2 Å². The molecule has 0 amide bonds. The lowest BCUT2D eigenvalue weighted by Crippen LogP contribution is -2.55. The maximum Gasteiger partial charge on any atom is 0.108 e. The van der Waals surface area contributed by atoms with Crippen LogP contribution >= 0.6 is 0 Å². The molecule has 0 bridgehead atoms. The molecule has 0 radical (unpaired) electrons. The summed E-state index contributed by atoms with van der Waals surface area (Å²) in [7, 11) is 0. The van der Waals surface area contributed by atoms with Gasteiger partial charge in [0.15, 0.2) is 0 Å². The van der Waals surface area contributed by atoms with Crippen molar-refractivity contribution in [3.8, 4) is 0 Å². The van der Waals surface area contributed by atoms with E-state index in [1.165, 1.54) is 32.4 Å². The van der Waals surface area contributed by atoms with Crippen LogP contribution in [0.15, 0.2) is 6.20 Å². The molecular formula is C11H18N4O. The number of aliphatic hydroxyl groups excluding tert-OH is 1. The number of aliphatic hydroxyl groups is 1. The Hall–Kier alpha value is -0.940. The average Bonchev–Trinajstić information content (AvgIpc) is 2.59. The van der Waals surface area contributed by atoms with Gasteiger partial charge in [-0.3, -0.25) is 9.58 Å². The van der Waals surface area contributed by atoms with Gasteiger partial charge in [-0.15, -0.1) is 5.10 Å². The van der Waals surface area contributed by atoms with Crippen LogP contribution in [0.4, 0.5) is 0 Å². The van der Waals surface area contributed by atoms with E-state index in [2.05, 4.69) is 15.2 Å². The molecule has 1 aromatic heterocycles. The Bertz CT molecular complexity index is 355. The van der Waals surface area contributed by atoms with Crippen LogP contribution in [0, 0.1) is 5.92 Å². The zero-order chi connectivity index (χ0) is 11.0. The summed E-state index contributed by atoms with van der Waals surface area (Å²) in [6.45, 7) is 3.34. The van der Waals surface area contributed by atoms with Crippen molar-refractivity contribution in [2.75, 3.05) is 13.1 Å². The fourth-order valence-electron chi connectivity index (χ4n) is 2.54. The lowest BCUT2D eigenvalue weighted by molar-refractivity contribution is 0.00835. The van der Waals surface area contributed by atoms with E-state index in [1.54, 1.807) is 0 Å². The van der Waals surface area contributed by atoms with Crippen molar-refractivity contribution in [1.82, 2.24) is 19.9 Å². The number of hydrogen-bond donors (Lipinski definition) is 1. The first-order valence-electron chi connectivity index (χ1n) is 6.09. The first kappa shape index (κ1) is 10.2. The number of rotatable bonds is 4. The minimum atomic E-state index is -0.0150. The predicted molar refractivity (Wildman–Crippen MR) is 58.6 cm³/mol. The van der Waals surface area contributed by atoms with Gasteiger partial charge in [-0.1, -0.05) is 11.6 Å². The minimum Gasteiger partial charge on any atom is -0.390 e. The van der Waals surface area contributed by atoms with Crippen molar-refractivity contribution in [2.45, 2.75) is 38.5 Å². The highest BCUT2D eigenvalue weighted by molar-refractivity contribution is 4.92. The van der Waals surface area contributed by atoms with Crippen LogP contribution in [-0.2, 0) is 13.2 Å². The maximum atomic E-state index is 8.89. The van der Waals surface area contributed by atoms with Crippen LogP contribution in [0.5, 0.6) is 0 Å². The van der Waals surface area contributed by atoms with Crippen molar-refractivity contribution in [1.29, 1.82) is 0 Å². The van der Waals surface area contributed by atoms with Gasteiger partial charge in [-0.25, -0.2) is 0 Å². The molecule has 1 aliphatic heterocycles. The molecule has 3 rings (SSSR count). The van der Waals surface area contributed by atoms with Gasteiger partial charge in [0, 0.05) is 31.6 Å². The van der Waals surface area contributed by atoms with E-state index in [1.807, 2.05) is 10.9 Å². The molecule has 0 aromatic carbocycles. The molecule has 1 aromatic rings. The number of likely N-dealkylation sites (tertiary alicyclic amines) is 1. The summed E-state index contributed by atoms with van der Waals surface area (Å²) in [5, 5.41) is 16.8. The van der Waals surface area contributed by atoms with Crippen molar-refractivity contribution in [3.05, 3.63) is 11.9 Å². The monoisotopic (exact) mass is 222 g/mol. The first-order chi connectivity index (χ1) is 7.85. The highest BCUT2D eigenvalue weighted by Crippen LogP contribution is 2.31. The minimum absolute atomic E-state index is 0.0150. The van der Waals surface area contributed by atoms with Crippen LogP contribution < -0.4 is 0 Å². The molecule has 88 valence electrons. The van der Waals surface area contributed by atoms with Gasteiger partial charge in [0.1, 0.15) is 5.69 Å². The number of nitrogens with zero attached hydrogens (tertiary/aromatic N) is 4. The van der Waals surface area contributed by atoms with Gasteiger partial charge < -0.3 is 5.11 Å². The van der Waals surface area contributed by atoms with Crippen molar-refractivity contribution in [2.24, 2.45) is 5.92 Å². The Labute approximate surface area is 95.1 Å². The Morgan fingerprint density at radius 1 is 1.38 bits per heavy atom. The summed E-state index contributed by atoms with van der Waals surface area (Å²) >= 11 is 0. The molecule has 0 atom stereocenters. The summed E-state index contributed by atoms with van der Waals surface area (Å²) in [6, 6.07) is 0.875. The Morgan fingerprint density at radius 2 is 2.19 bits per heavy atom. The Kier molecular flexibility index (Phi) is 2.65. The van der Waals surface area contributed by atoms with E-state index in [4.69, 9.17) is 5.11 Å². The molecule has 1 saturated carbocycles. The third-order valence-electron chi connectivity index (χ3n) is 3.77. The van der Waals surface area contributed by atoms with Crippen molar-refractivity contribution in [3.63, 3.8) is 0 Å². The predicted octanol–water partition coefficient (Wildman–Crippen LogP) is 0.255. The average molecular weight is 222 g/mol. The standard InChI is InChI=1S/C11H18N4O/c16-8-10-7-15(13-12-10)6-9-4-14(5-9)11-2-1-3-11/h7,9,11,16H,1-6,8H2. The van der Waals surface area contributed by atoms with Gasteiger partial charge in [0.2, 0.25) is 0 Å². The second-order valence-electron chi connectivity index (χ2n) is 4.99. The largest absolute Gasteiger partial charge is 0.390 e. The molecule has 1 N–H and O–H groups in total.